The lowest BCUT2D eigenvalue weighted by atomic mass is 10.1. The van der Waals surface area contributed by atoms with Gasteiger partial charge in [0.25, 0.3) is 0 Å². The van der Waals surface area contributed by atoms with Gasteiger partial charge in [-0.15, -0.1) is 11.8 Å². The Balaban J connectivity index is 1.92. The van der Waals surface area contributed by atoms with Crippen LogP contribution in [0.1, 0.15) is 21.3 Å². The minimum absolute atomic E-state index is 0.0609. The quantitative estimate of drug-likeness (QED) is 0.741. The lowest BCUT2D eigenvalue weighted by Crippen LogP contribution is -2.27. The van der Waals surface area contributed by atoms with Crippen molar-refractivity contribution in [3.05, 3.63) is 64.1 Å². The molecule has 3 rings (SSSR count). The highest BCUT2D eigenvalue weighted by atomic mass is 79.9. The summed E-state index contributed by atoms with van der Waals surface area (Å²) in [5.74, 6) is 0.114. The summed E-state index contributed by atoms with van der Waals surface area (Å²) in [6.45, 7) is 0. The monoisotopic (exact) mass is 391 g/mol. The van der Waals surface area contributed by atoms with Crippen molar-refractivity contribution in [3.8, 4) is 0 Å². The van der Waals surface area contributed by atoms with Gasteiger partial charge in [-0.3, -0.25) is 9.69 Å². The van der Waals surface area contributed by atoms with Crippen LogP contribution in [0.25, 0.3) is 0 Å². The van der Waals surface area contributed by atoms with Crippen molar-refractivity contribution in [1.82, 2.24) is 0 Å². The minimum atomic E-state index is -0.387. The molecule has 0 aromatic heterocycles. The summed E-state index contributed by atoms with van der Waals surface area (Å²) in [5.41, 5.74) is 2.31. The van der Waals surface area contributed by atoms with Gasteiger partial charge in [0.1, 0.15) is 5.37 Å². The van der Waals surface area contributed by atoms with Crippen LogP contribution in [0.15, 0.2) is 53.0 Å². The van der Waals surface area contributed by atoms with Gasteiger partial charge in [0.15, 0.2) is 0 Å². The van der Waals surface area contributed by atoms with Gasteiger partial charge in [0.05, 0.1) is 18.4 Å². The molecule has 6 heteroatoms. The second-order valence-corrected chi connectivity index (χ2v) is 7.00. The van der Waals surface area contributed by atoms with E-state index in [0.29, 0.717) is 11.3 Å². The zero-order valence-corrected chi connectivity index (χ0v) is 14.8. The number of hydrogen-bond donors (Lipinski definition) is 0. The van der Waals surface area contributed by atoms with Gasteiger partial charge >= 0.3 is 5.97 Å². The molecule has 1 aliphatic heterocycles. The highest BCUT2D eigenvalue weighted by molar-refractivity contribution is 9.10. The number of carbonyl (C=O) groups is 2. The predicted molar refractivity (Wildman–Crippen MR) is 94.6 cm³/mol. The number of thioether (sulfide) groups is 1. The van der Waals surface area contributed by atoms with Gasteiger partial charge in [-0.2, -0.15) is 0 Å². The first kappa shape index (κ1) is 16.1. The van der Waals surface area contributed by atoms with E-state index < -0.39 is 0 Å². The average Bonchev–Trinajstić information content (AvgIpc) is 2.96. The molecule has 23 heavy (non-hydrogen) atoms. The van der Waals surface area contributed by atoms with E-state index in [4.69, 9.17) is 4.74 Å². The second kappa shape index (κ2) is 6.76. The number of anilines is 1. The molecule has 1 heterocycles. The van der Waals surface area contributed by atoms with E-state index in [1.165, 1.54) is 7.11 Å². The summed E-state index contributed by atoms with van der Waals surface area (Å²) in [5, 5.41) is -0.0658. The Kier molecular flexibility index (Phi) is 4.73. The molecule has 1 amide bonds. The fourth-order valence-electron chi connectivity index (χ4n) is 2.49. The third-order valence-corrected chi connectivity index (χ3v) is 5.27. The van der Waals surface area contributed by atoms with Crippen LogP contribution in [0, 0.1) is 0 Å². The van der Waals surface area contributed by atoms with Crippen molar-refractivity contribution in [2.75, 3.05) is 17.8 Å². The number of esters is 1. The van der Waals surface area contributed by atoms with Crippen molar-refractivity contribution >= 4 is 45.3 Å². The normalized spacial score (nSPS) is 17.4. The van der Waals surface area contributed by atoms with E-state index in [2.05, 4.69) is 15.9 Å². The molecule has 2 aromatic rings. The van der Waals surface area contributed by atoms with Crippen molar-refractivity contribution < 1.29 is 14.3 Å². The number of halogens is 1. The van der Waals surface area contributed by atoms with Crippen LogP contribution in [0.5, 0.6) is 0 Å². The number of ether oxygens (including phenoxy) is 1. The van der Waals surface area contributed by atoms with Crippen LogP contribution >= 0.6 is 27.7 Å². The predicted octanol–water partition coefficient (Wildman–Crippen LogP) is 4.01. The first-order valence-corrected chi connectivity index (χ1v) is 8.82. The topological polar surface area (TPSA) is 46.6 Å². The third-order valence-electron chi connectivity index (χ3n) is 3.57. The van der Waals surface area contributed by atoms with Crippen LogP contribution < -0.4 is 4.90 Å². The number of amides is 1. The molecule has 0 saturated carbocycles. The molecular formula is C17H14BrNO3S. The van der Waals surface area contributed by atoms with Crippen LogP contribution in [0.3, 0.4) is 0 Å². The zero-order valence-electron chi connectivity index (χ0n) is 12.4. The summed E-state index contributed by atoms with van der Waals surface area (Å²) >= 11 is 5.06. The highest BCUT2D eigenvalue weighted by Crippen LogP contribution is 2.42. The number of carbonyl (C=O) groups excluding carboxylic acids is 2. The van der Waals surface area contributed by atoms with Crippen LogP contribution in [0.2, 0.25) is 0 Å². The van der Waals surface area contributed by atoms with Gasteiger partial charge < -0.3 is 4.74 Å². The SMILES string of the molecule is COC(=O)c1ccc(N2C(=O)CSC2c2cccc(Br)c2)cc1. The van der Waals surface area contributed by atoms with Crippen LogP contribution in [-0.2, 0) is 9.53 Å². The highest BCUT2D eigenvalue weighted by Gasteiger charge is 2.34. The molecule has 1 unspecified atom stereocenters. The van der Waals surface area contributed by atoms with E-state index >= 15 is 0 Å². The third kappa shape index (κ3) is 3.28. The van der Waals surface area contributed by atoms with Crippen molar-refractivity contribution in [2.45, 2.75) is 5.37 Å². The Bertz CT molecular complexity index is 748. The number of nitrogens with zero attached hydrogens (tertiary/aromatic N) is 1. The molecule has 0 N–H and O–H groups in total. The summed E-state index contributed by atoms with van der Waals surface area (Å²) in [7, 11) is 1.35. The van der Waals surface area contributed by atoms with E-state index in [9.17, 15) is 9.59 Å². The van der Waals surface area contributed by atoms with Crippen molar-refractivity contribution in [2.24, 2.45) is 0 Å². The van der Waals surface area contributed by atoms with Crippen LogP contribution in [-0.4, -0.2) is 24.7 Å². The molecule has 0 radical (unpaired) electrons. The Labute approximate surface area is 146 Å². The molecule has 1 saturated heterocycles. The minimum Gasteiger partial charge on any atom is -0.465 e. The maximum absolute atomic E-state index is 12.3. The smallest absolute Gasteiger partial charge is 0.337 e. The first-order chi connectivity index (χ1) is 11.1. The first-order valence-electron chi connectivity index (χ1n) is 6.97. The Morgan fingerprint density at radius 3 is 2.65 bits per heavy atom. The van der Waals surface area contributed by atoms with Crippen molar-refractivity contribution in [3.63, 3.8) is 0 Å². The lowest BCUT2D eigenvalue weighted by Gasteiger charge is -2.24. The summed E-state index contributed by atoms with van der Waals surface area (Å²) < 4.78 is 5.68. The molecule has 118 valence electrons. The fraction of sp³-hybridized carbons (Fsp3) is 0.176. The molecule has 0 spiro atoms. The lowest BCUT2D eigenvalue weighted by molar-refractivity contribution is -0.115. The molecule has 0 bridgehead atoms. The van der Waals surface area contributed by atoms with Gasteiger partial charge in [-0.1, -0.05) is 28.1 Å². The van der Waals surface area contributed by atoms with E-state index in [-0.39, 0.29) is 17.3 Å². The van der Waals surface area contributed by atoms with E-state index in [1.54, 1.807) is 40.9 Å². The van der Waals surface area contributed by atoms with Gasteiger partial charge in [-0.25, -0.2) is 4.79 Å². The molecule has 1 aliphatic rings. The Hall–Kier alpha value is -1.79. The molecular weight excluding hydrogens is 378 g/mol. The van der Waals surface area contributed by atoms with E-state index in [1.807, 2.05) is 24.3 Å². The molecule has 1 atom stereocenters. The Morgan fingerprint density at radius 1 is 1.26 bits per heavy atom. The van der Waals surface area contributed by atoms with E-state index in [0.717, 1.165) is 15.7 Å². The molecule has 2 aromatic carbocycles. The largest absolute Gasteiger partial charge is 0.465 e. The fourth-order valence-corrected chi connectivity index (χ4v) is 4.07. The number of methoxy groups -OCH3 is 1. The van der Waals surface area contributed by atoms with Gasteiger partial charge in [0, 0.05) is 10.2 Å². The van der Waals surface area contributed by atoms with Gasteiger partial charge in [-0.05, 0) is 42.0 Å². The maximum atomic E-state index is 12.3. The average molecular weight is 392 g/mol. The number of rotatable bonds is 3. The second-order valence-electron chi connectivity index (χ2n) is 5.02. The molecule has 1 fully saturated rings. The molecule has 0 aliphatic carbocycles. The standard InChI is InChI=1S/C17H14BrNO3S/c1-22-17(21)11-5-7-14(8-6-11)19-15(20)10-23-16(19)12-3-2-4-13(18)9-12/h2-9,16H,10H2,1H3. The summed E-state index contributed by atoms with van der Waals surface area (Å²) in [6.07, 6.45) is 0. The van der Waals surface area contributed by atoms with Crippen molar-refractivity contribution in [1.29, 1.82) is 0 Å². The number of hydrogen-bond acceptors (Lipinski definition) is 4. The number of benzene rings is 2. The maximum Gasteiger partial charge on any atom is 0.337 e. The Morgan fingerprint density at radius 2 is 2.00 bits per heavy atom. The van der Waals surface area contributed by atoms with Gasteiger partial charge in [0.2, 0.25) is 5.91 Å². The zero-order chi connectivity index (χ0) is 16.4. The summed E-state index contributed by atoms with van der Waals surface area (Å²) in [6, 6.07) is 14.9. The molecule has 4 nitrogen and oxygen atoms in total. The summed E-state index contributed by atoms with van der Waals surface area (Å²) in [4.78, 5) is 25.6. The van der Waals surface area contributed by atoms with Crippen LogP contribution in [0.4, 0.5) is 5.69 Å².